The van der Waals surface area contributed by atoms with Gasteiger partial charge in [-0.05, 0) is 77.0 Å². The van der Waals surface area contributed by atoms with E-state index in [-0.39, 0.29) is 18.5 Å². The molecule has 6 heteroatoms. The number of nitrogens with one attached hydrogen (secondary N) is 1. The van der Waals surface area contributed by atoms with Gasteiger partial charge in [-0.1, -0.05) is 326 Å². The fourth-order valence-corrected chi connectivity index (χ4v) is 10.8. The molecule has 0 saturated heterocycles. The zero-order valence-electron chi connectivity index (χ0n) is 52.0. The van der Waals surface area contributed by atoms with Crippen molar-refractivity contribution in [2.24, 2.45) is 0 Å². The molecule has 0 fully saturated rings. The van der Waals surface area contributed by atoms with Crippen molar-refractivity contribution >= 4 is 11.9 Å². The molecule has 0 spiro atoms. The van der Waals surface area contributed by atoms with Crippen molar-refractivity contribution in [3.63, 3.8) is 0 Å². The molecule has 0 aromatic heterocycles. The zero-order chi connectivity index (χ0) is 55.7. The molecule has 3 N–H and O–H groups in total. The van der Waals surface area contributed by atoms with E-state index in [1.54, 1.807) is 6.08 Å². The molecular formula is C71H135NO5. The van der Waals surface area contributed by atoms with Crippen LogP contribution in [-0.4, -0.2) is 47.4 Å². The average molecular weight is 1080 g/mol. The lowest BCUT2D eigenvalue weighted by atomic mass is 10.0. The highest BCUT2D eigenvalue weighted by Gasteiger charge is 2.18. The van der Waals surface area contributed by atoms with Gasteiger partial charge in [0.2, 0.25) is 5.91 Å². The number of rotatable bonds is 65. The second-order valence-corrected chi connectivity index (χ2v) is 23.9. The first-order chi connectivity index (χ1) is 38.0. The molecule has 1 amide bonds. The standard InChI is InChI=1S/C71H135NO5/c1-3-5-7-9-11-13-15-16-17-18-34-37-40-44-47-51-55-59-63-69(74)68(67-73)72-70(75)64-60-56-52-48-45-41-38-35-32-30-28-26-24-22-20-19-21-23-25-27-29-31-33-36-39-42-46-50-54-58-62-66-77-71(76)65-61-57-53-49-43-14-12-10-8-6-4-2/h10,12,21,23,59,63,68-69,73-74H,3-9,11,13-20,22,24-58,60-62,64-67H2,1-2H3,(H,72,75)/b12-10-,23-21-,63-59+. The third-order valence-corrected chi connectivity index (χ3v) is 16.1. The highest BCUT2D eigenvalue weighted by molar-refractivity contribution is 5.76. The maximum atomic E-state index is 12.5. The summed E-state index contributed by atoms with van der Waals surface area (Å²) in [5, 5.41) is 23.2. The quantitative estimate of drug-likeness (QED) is 0.0320. The highest BCUT2D eigenvalue weighted by atomic mass is 16.5. The molecular weight excluding hydrogens is 947 g/mol. The minimum Gasteiger partial charge on any atom is -0.466 e. The zero-order valence-corrected chi connectivity index (χ0v) is 52.0. The highest BCUT2D eigenvalue weighted by Crippen LogP contribution is 2.18. The predicted molar refractivity (Wildman–Crippen MR) is 338 cm³/mol. The van der Waals surface area contributed by atoms with Gasteiger partial charge in [0.05, 0.1) is 25.4 Å². The van der Waals surface area contributed by atoms with E-state index >= 15 is 0 Å². The molecule has 0 aromatic rings. The lowest BCUT2D eigenvalue weighted by Crippen LogP contribution is -2.45. The van der Waals surface area contributed by atoms with E-state index in [0.717, 1.165) is 44.9 Å². The summed E-state index contributed by atoms with van der Waals surface area (Å²) in [7, 11) is 0. The van der Waals surface area contributed by atoms with Gasteiger partial charge in [0.25, 0.3) is 0 Å². The van der Waals surface area contributed by atoms with Crippen molar-refractivity contribution in [3.05, 3.63) is 36.5 Å². The number of allylic oxidation sites excluding steroid dienone is 5. The van der Waals surface area contributed by atoms with Crippen LogP contribution in [0.25, 0.3) is 0 Å². The van der Waals surface area contributed by atoms with Crippen molar-refractivity contribution < 1.29 is 24.5 Å². The van der Waals surface area contributed by atoms with E-state index in [9.17, 15) is 19.8 Å². The normalized spacial score (nSPS) is 12.7. The number of aliphatic hydroxyl groups is 2. The average Bonchev–Trinajstić information content (AvgIpc) is 3.43. The third-order valence-electron chi connectivity index (χ3n) is 16.1. The maximum absolute atomic E-state index is 12.5. The number of unbranched alkanes of at least 4 members (excludes halogenated alkanes) is 50. The lowest BCUT2D eigenvalue weighted by molar-refractivity contribution is -0.143. The largest absolute Gasteiger partial charge is 0.466 e. The van der Waals surface area contributed by atoms with Crippen molar-refractivity contribution in [1.82, 2.24) is 5.32 Å². The molecule has 0 saturated carbocycles. The van der Waals surface area contributed by atoms with Crippen LogP contribution in [0.3, 0.4) is 0 Å². The molecule has 0 aliphatic rings. The number of hydrogen-bond donors (Lipinski definition) is 3. The summed E-state index contributed by atoms with van der Waals surface area (Å²) < 4.78 is 5.46. The molecule has 0 aromatic carbocycles. The molecule has 0 rings (SSSR count). The molecule has 0 aliphatic heterocycles. The van der Waals surface area contributed by atoms with Gasteiger partial charge in [-0.25, -0.2) is 0 Å². The second-order valence-electron chi connectivity index (χ2n) is 23.9. The SMILES string of the molecule is CCCC/C=C\CCCCCCCC(=O)OCCCCCCCCCCCCCC/C=C\CCCCCCCCCCCCCCCCCC(=O)NC(CO)C(O)/C=C/CCCCCCCCCCCCCCCCCC. The van der Waals surface area contributed by atoms with Crippen LogP contribution in [0.15, 0.2) is 36.5 Å². The Kier molecular flexibility index (Phi) is 64.9. The summed E-state index contributed by atoms with van der Waals surface area (Å²) in [6.07, 6.45) is 85.1. The number of ether oxygens (including phenoxy) is 1. The molecule has 454 valence electrons. The summed E-state index contributed by atoms with van der Waals surface area (Å²) >= 11 is 0. The van der Waals surface area contributed by atoms with Crippen LogP contribution < -0.4 is 5.32 Å². The molecule has 2 atom stereocenters. The van der Waals surface area contributed by atoms with Gasteiger partial charge in [-0.3, -0.25) is 9.59 Å². The molecule has 6 nitrogen and oxygen atoms in total. The Morgan fingerprint density at radius 1 is 0.351 bits per heavy atom. The monoisotopic (exact) mass is 1080 g/mol. The van der Waals surface area contributed by atoms with Gasteiger partial charge < -0.3 is 20.3 Å². The lowest BCUT2D eigenvalue weighted by Gasteiger charge is -2.20. The molecule has 0 heterocycles. The first-order valence-electron chi connectivity index (χ1n) is 34.8. The Morgan fingerprint density at radius 2 is 0.623 bits per heavy atom. The van der Waals surface area contributed by atoms with Crippen molar-refractivity contribution in [2.75, 3.05) is 13.2 Å². The van der Waals surface area contributed by atoms with Gasteiger partial charge in [0, 0.05) is 12.8 Å². The summed E-state index contributed by atoms with van der Waals surface area (Å²) in [5.74, 6) is -0.0565. The first kappa shape index (κ1) is 75.1. The van der Waals surface area contributed by atoms with Gasteiger partial charge in [-0.2, -0.15) is 0 Å². The van der Waals surface area contributed by atoms with E-state index in [1.165, 1.54) is 308 Å². The molecule has 0 bridgehead atoms. The third kappa shape index (κ3) is 63.1. The topological polar surface area (TPSA) is 95.9 Å². The number of carbonyl (C=O) groups is 2. The van der Waals surface area contributed by atoms with Crippen LogP contribution in [-0.2, 0) is 14.3 Å². The van der Waals surface area contributed by atoms with E-state index < -0.39 is 12.1 Å². The number of amides is 1. The van der Waals surface area contributed by atoms with Gasteiger partial charge >= 0.3 is 5.97 Å². The van der Waals surface area contributed by atoms with Crippen LogP contribution in [0, 0.1) is 0 Å². The van der Waals surface area contributed by atoms with Gasteiger partial charge in [-0.15, -0.1) is 0 Å². The fraction of sp³-hybridized carbons (Fsp3) is 0.887. The molecule has 2 unspecified atom stereocenters. The van der Waals surface area contributed by atoms with E-state index in [0.29, 0.717) is 19.4 Å². The summed E-state index contributed by atoms with van der Waals surface area (Å²) in [6.45, 7) is 4.89. The fourth-order valence-electron chi connectivity index (χ4n) is 10.8. The number of aliphatic hydroxyl groups excluding tert-OH is 2. The summed E-state index contributed by atoms with van der Waals surface area (Å²) in [5.41, 5.74) is 0. The van der Waals surface area contributed by atoms with Crippen LogP contribution in [0.2, 0.25) is 0 Å². The number of hydrogen-bond acceptors (Lipinski definition) is 5. The maximum Gasteiger partial charge on any atom is 0.305 e. The van der Waals surface area contributed by atoms with E-state index in [2.05, 4.69) is 43.5 Å². The second kappa shape index (κ2) is 66.6. The van der Waals surface area contributed by atoms with E-state index in [4.69, 9.17) is 4.74 Å². The van der Waals surface area contributed by atoms with Crippen molar-refractivity contribution in [2.45, 2.75) is 392 Å². The van der Waals surface area contributed by atoms with Gasteiger partial charge in [0.1, 0.15) is 0 Å². The summed E-state index contributed by atoms with van der Waals surface area (Å²) in [6, 6.07) is -0.627. The van der Waals surface area contributed by atoms with Crippen molar-refractivity contribution in [3.8, 4) is 0 Å². The van der Waals surface area contributed by atoms with E-state index in [1.807, 2.05) is 6.08 Å². The Labute approximate surface area is 481 Å². The number of esters is 1. The Balaban J connectivity index is 3.39. The smallest absolute Gasteiger partial charge is 0.305 e. The Hall–Kier alpha value is -1.92. The Bertz CT molecular complexity index is 1250. The predicted octanol–water partition coefficient (Wildman–Crippen LogP) is 22.3. The van der Waals surface area contributed by atoms with Crippen LogP contribution in [0.1, 0.15) is 380 Å². The summed E-state index contributed by atoms with van der Waals surface area (Å²) in [4.78, 5) is 24.5. The minimum absolute atomic E-state index is 0.00643. The van der Waals surface area contributed by atoms with Crippen LogP contribution >= 0.6 is 0 Å². The van der Waals surface area contributed by atoms with Gasteiger partial charge in [0.15, 0.2) is 0 Å². The minimum atomic E-state index is -0.843. The van der Waals surface area contributed by atoms with Crippen LogP contribution in [0.4, 0.5) is 0 Å². The Morgan fingerprint density at radius 3 is 0.961 bits per heavy atom. The molecule has 77 heavy (non-hydrogen) atoms. The first-order valence-corrected chi connectivity index (χ1v) is 34.8. The van der Waals surface area contributed by atoms with Crippen molar-refractivity contribution in [1.29, 1.82) is 0 Å². The number of carbonyl (C=O) groups excluding carboxylic acids is 2. The molecule has 0 radical (unpaired) electrons. The molecule has 0 aliphatic carbocycles. The van der Waals surface area contributed by atoms with Crippen LogP contribution in [0.5, 0.6) is 0 Å².